The highest BCUT2D eigenvalue weighted by atomic mass is 16.5. The molecule has 0 saturated carbocycles. The van der Waals surface area contributed by atoms with Crippen LogP contribution < -0.4 is 15.3 Å². The number of hydrogen-bond donors (Lipinski definition) is 0. The topological polar surface area (TPSA) is 79.9 Å². The van der Waals surface area contributed by atoms with Crippen LogP contribution in [0.3, 0.4) is 0 Å². The number of benzene rings is 1. The van der Waals surface area contributed by atoms with Crippen LogP contribution in [0.2, 0.25) is 0 Å². The van der Waals surface area contributed by atoms with Crippen molar-refractivity contribution in [3.05, 3.63) is 34.3 Å². The van der Waals surface area contributed by atoms with Crippen molar-refractivity contribution in [1.29, 1.82) is 0 Å². The van der Waals surface area contributed by atoms with Crippen LogP contribution in [0, 0.1) is 0 Å². The van der Waals surface area contributed by atoms with Crippen molar-refractivity contribution in [2.24, 2.45) is 7.05 Å². The minimum atomic E-state index is -0.385. The van der Waals surface area contributed by atoms with Crippen LogP contribution >= 0.6 is 0 Å². The lowest BCUT2D eigenvalue weighted by Crippen LogP contribution is -2.48. The third-order valence-electron chi connectivity index (χ3n) is 6.27. The molecule has 3 heterocycles. The standard InChI is InChI=1S/C24H34N6O3/c1-16(2)18-13-17(32-6)14-20-21(18)24(31)33-22(26-20)19-15-25-28(5)23(19)30-11-9-29(10-12-30)8-7-27(3)4/h13-16H,7-12H2,1-6H3. The summed E-state index contributed by atoms with van der Waals surface area (Å²) in [6.07, 6.45) is 1.73. The molecule has 33 heavy (non-hydrogen) atoms. The number of hydrogen-bond acceptors (Lipinski definition) is 8. The van der Waals surface area contributed by atoms with Gasteiger partial charge in [-0.15, -0.1) is 0 Å². The largest absolute Gasteiger partial charge is 0.497 e. The smallest absolute Gasteiger partial charge is 0.347 e. The molecule has 9 heteroatoms. The lowest BCUT2D eigenvalue weighted by molar-refractivity contribution is 0.228. The van der Waals surface area contributed by atoms with E-state index in [2.05, 4.69) is 33.9 Å². The van der Waals surface area contributed by atoms with E-state index in [9.17, 15) is 4.79 Å². The summed E-state index contributed by atoms with van der Waals surface area (Å²) < 4.78 is 13.1. The second-order valence-electron chi connectivity index (χ2n) is 9.21. The Morgan fingerprint density at radius 2 is 1.91 bits per heavy atom. The van der Waals surface area contributed by atoms with E-state index in [0.29, 0.717) is 16.7 Å². The molecule has 0 spiro atoms. The van der Waals surface area contributed by atoms with Crippen LogP contribution in [0.15, 0.2) is 27.5 Å². The number of piperazine rings is 1. The van der Waals surface area contributed by atoms with Crippen molar-refractivity contribution in [1.82, 2.24) is 24.6 Å². The Bertz CT molecular complexity index is 1170. The summed E-state index contributed by atoms with van der Waals surface area (Å²) in [5.41, 5.74) is 1.79. The molecule has 0 unspecified atom stereocenters. The number of aromatic nitrogens is 3. The molecule has 1 saturated heterocycles. The molecule has 0 bridgehead atoms. The first-order valence-corrected chi connectivity index (χ1v) is 11.5. The van der Waals surface area contributed by atoms with Crippen LogP contribution in [-0.2, 0) is 7.05 Å². The zero-order valence-corrected chi connectivity index (χ0v) is 20.5. The molecule has 0 N–H and O–H groups in total. The maximum absolute atomic E-state index is 13.1. The first-order chi connectivity index (χ1) is 15.8. The van der Waals surface area contributed by atoms with Gasteiger partial charge in [-0.25, -0.2) is 9.78 Å². The molecule has 9 nitrogen and oxygen atoms in total. The van der Waals surface area contributed by atoms with Gasteiger partial charge in [-0.3, -0.25) is 9.58 Å². The van der Waals surface area contributed by atoms with Crippen LogP contribution in [0.1, 0.15) is 25.3 Å². The molecule has 0 amide bonds. The average Bonchev–Trinajstić information content (AvgIpc) is 3.18. The van der Waals surface area contributed by atoms with E-state index < -0.39 is 0 Å². The Hall–Kier alpha value is -2.91. The van der Waals surface area contributed by atoms with Crippen LogP contribution in [0.25, 0.3) is 22.4 Å². The summed E-state index contributed by atoms with van der Waals surface area (Å²) in [5.74, 6) is 2.02. The van der Waals surface area contributed by atoms with Gasteiger partial charge in [0.1, 0.15) is 11.6 Å². The molecule has 178 valence electrons. The van der Waals surface area contributed by atoms with E-state index in [1.807, 2.05) is 31.6 Å². The molecule has 4 rings (SSSR count). The zero-order chi connectivity index (χ0) is 23.7. The molecule has 1 aromatic carbocycles. The van der Waals surface area contributed by atoms with E-state index in [4.69, 9.17) is 14.1 Å². The van der Waals surface area contributed by atoms with Gasteiger partial charge < -0.3 is 19.0 Å². The Morgan fingerprint density at radius 1 is 1.18 bits per heavy atom. The molecule has 0 aliphatic carbocycles. The van der Waals surface area contributed by atoms with Crippen molar-refractivity contribution in [3.63, 3.8) is 0 Å². The van der Waals surface area contributed by atoms with Gasteiger partial charge in [0.2, 0.25) is 5.89 Å². The SMILES string of the molecule is COc1cc(C(C)C)c2c(=O)oc(-c3cnn(C)c3N3CCN(CCN(C)C)CC3)nc2c1. The fourth-order valence-electron chi connectivity index (χ4n) is 4.37. The summed E-state index contributed by atoms with van der Waals surface area (Å²) in [6, 6.07) is 3.68. The van der Waals surface area contributed by atoms with E-state index in [0.717, 1.165) is 56.2 Å². The zero-order valence-electron chi connectivity index (χ0n) is 20.5. The van der Waals surface area contributed by atoms with Gasteiger partial charge in [0, 0.05) is 52.4 Å². The molecule has 1 aliphatic heterocycles. The fraction of sp³-hybridized carbons (Fsp3) is 0.542. The number of ether oxygens (including phenoxy) is 1. The number of nitrogens with zero attached hydrogens (tertiary/aromatic N) is 6. The molecule has 3 aromatic rings. The van der Waals surface area contributed by atoms with Crippen molar-refractivity contribution in [3.8, 4) is 17.2 Å². The number of likely N-dealkylation sites (N-methyl/N-ethyl adjacent to an activating group) is 1. The number of fused-ring (bicyclic) bond motifs is 1. The summed E-state index contributed by atoms with van der Waals surface area (Å²) in [6.45, 7) is 9.89. The number of anilines is 1. The first-order valence-electron chi connectivity index (χ1n) is 11.5. The maximum atomic E-state index is 13.1. The van der Waals surface area contributed by atoms with Gasteiger partial charge in [0.25, 0.3) is 0 Å². The lowest BCUT2D eigenvalue weighted by Gasteiger charge is -2.36. The van der Waals surface area contributed by atoms with E-state index in [-0.39, 0.29) is 17.4 Å². The maximum Gasteiger partial charge on any atom is 0.347 e. The van der Waals surface area contributed by atoms with E-state index in [1.54, 1.807) is 19.4 Å². The summed E-state index contributed by atoms with van der Waals surface area (Å²) in [7, 11) is 7.73. The molecule has 0 atom stereocenters. The van der Waals surface area contributed by atoms with Crippen LogP contribution in [-0.4, -0.2) is 85.0 Å². The minimum Gasteiger partial charge on any atom is -0.497 e. The quantitative estimate of drug-likeness (QED) is 0.539. The molecule has 1 aliphatic rings. The third kappa shape index (κ3) is 4.74. The Labute approximate surface area is 194 Å². The second-order valence-corrected chi connectivity index (χ2v) is 9.21. The van der Waals surface area contributed by atoms with Crippen LogP contribution in [0.5, 0.6) is 5.75 Å². The molecular formula is C24H34N6O3. The van der Waals surface area contributed by atoms with Crippen molar-refractivity contribution in [2.75, 3.05) is 65.4 Å². The molecule has 0 radical (unpaired) electrons. The summed E-state index contributed by atoms with van der Waals surface area (Å²) in [5, 5.41) is 4.97. The molecule has 1 fully saturated rings. The number of aryl methyl sites for hydroxylation is 1. The number of methoxy groups -OCH3 is 1. The summed E-state index contributed by atoms with van der Waals surface area (Å²) >= 11 is 0. The van der Waals surface area contributed by atoms with Crippen molar-refractivity contribution in [2.45, 2.75) is 19.8 Å². The average molecular weight is 455 g/mol. The Balaban J connectivity index is 1.69. The van der Waals surface area contributed by atoms with Crippen molar-refractivity contribution < 1.29 is 9.15 Å². The van der Waals surface area contributed by atoms with Gasteiger partial charge >= 0.3 is 5.63 Å². The first kappa shape index (κ1) is 23.3. The van der Waals surface area contributed by atoms with Crippen molar-refractivity contribution >= 4 is 16.7 Å². The number of rotatable bonds is 7. The van der Waals surface area contributed by atoms with Gasteiger partial charge in [-0.2, -0.15) is 5.10 Å². The van der Waals surface area contributed by atoms with E-state index in [1.165, 1.54) is 0 Å². The lowest BCUT2D eigenvalue weighted by atomic mass is 9.98. The summed E-state index contributed by atoms with van der Waals surface area (Å²) in [4.78, 5) is 24.8. The van der Waals surface area contributed by atoms with E-state index >= 15 is 0 Å². The van der Waals surface area contributed by atoms with Gasteiger partial charge in [0.05, 0.1) is 29.8 Å². The Morgan fingerprint density at radius 3 is 2.55 bits per heavy atom. The second kappa shape index (κ2) is 9.52. The van der Waals surface area contributed by atoms with Gasteiger partial charge in [-0.05, 0) is 31.6 Å². The molecule has 2 aromatic heterocycles. The third-order valence-corrected chi connectivity index (χ3v) is 6.27. The highest BCUT2D eigenvalue weighted by molar-refractivity contribution is 5.85. The van der Waals surface area contributed by atoms with Crippen LogP contribution in [0.4, 0.5) is 5.82 Å². The minimum absolute atomic E-state index is 0.135. The van der Waals surface area contributed by atoms with Gasteiger partial charge in [-0.1, -0.05) is 13.8 Å². The molecular weight excluding hydrogens is 420 g/mol. The monoisotopic (exact) mass is 454 g/mol. The normalized spacial score (nSPS) is 15.2. The highest BCUT2D eigenvalue weighted by Crippen LogP contribution is 2.33. The van der Waals surface area contributed by atoms with Gasteiger partial charge in [0.15, 0.2) is 0 Å². The predicted octanol–water partition coefficient (Wildman–Crippen LogP) is 2.40. The Kier molecular flexibility index (Phi) is 6.71. The predicted molar refractivity (Wildman–Crippen MR) is 130 cm³/mol. The highest BCUT2D eigenvalue weighted by Gasteiger charge is 2.25. The fourth-order valence-corrected chi connectivity index (χ4v) is 4.37.